The molecule has 1 atom stereocenters. The molecular weight excluding hydrogens is 341 g/mol. The Labute approximate surface area is 160 Å². The van der Waals surface area contributed by atoms with Crippen LogP contribution in [0.15, 0.2) is 47.5 Å². The van der Waals surface area contributed by atoms with Crippen molar-refractivity contribution in [3.8, 4) is 0 Å². The molecule has 4 rings (SSSR count). The molecule has 0 saturated carbocycles. The lowest BCUT2D eigenvalue weighted by Gasteiger charge is -2.32. The van der Waals surface area contributed by atoms with Gasteiger partial charge in [-0.25, -0.2) is 19.3 Å². The summed E-state index contributed by atoms with van der Waals surface area (Å²) in [7, 11) is 1.85. The fourth-order valence-corrected chi connectivity index (χ4v) is 4.03. The summed E-state index contributed by atoms with van der Waals surface area (Å²) >= 11 is 0. The number of nitrogens with zero attached hydrogens (tertiary/aromatic N) is 2. The van der Waals surface area contributed by atoms with Crippen LogP contribution in [0, 0.1) is 5.82 Å². The number of hydrogen-bond donors (Lipinski definition) is 1. The van der Waals surface area contributed by atoms with Crippen LogP contribution in [0.4, 0.5) is 4.39 Å². The van der Waals surface area contributed by atoms with Gasteiger partial charge in [-0.2, -0.15) is 0 Å². The summed E-state index contributed by atoms with van der Waals surface area (Å²) in [6.45, 7) is 2.99. The number of guanidine groups is 1. The topological polar surface area (TPSA) is 36.9 Å². The Morgan fingerprint density at radius 1 is 1.15 bits per heavy atom. The number of aliphatic imine (C=N–C) groups is 1. The van der Waals surface area contributed by atoms with Crippen LogP contribution in [0.25, 0.3) is 0 Å². The number of fused-ring (bicyclic) bond motifs is 4. The molecule has 2 aromatic rings. The number of hydroxylamine groups is 2. The number of unbranched alkanes of at least 4 members (excludes halogenated alkanes) is 1. The molecule has 0 radical (unpaired) electrons. The van der Waals surface area contributed by atoms with Gasteiger partial charge in [0.25, 0.3) is 0 Å². The van der Waals surface area contributed by atoms with E-state index in [2.05, 4.69) is 24.4 Å². The molecule has 1 unspecified atom stereocenters. The number of hydrogen-bond acceptors (Lipinski definition) is 4. The Bertz CT molecular complexity index is 866. The van der Waals surface area contributed by atoms with Crippen LogP contribution in [-0.4, -0.2) is 24.6 Å². The lowest BCUT2D eigenvalue weighted by atomic mass is 9.82. The number of benzene rings is 2. The molecule has 1 aliphatic heterocycles. The molecule has 2 aromatic carbocycles. The van der Waals surface area contributed by atoms with Crippen molar-refractivity contribution in [2.75, 3.05) is 13.6 Å². The Hall–Kier alpha value is -2.40. The van der Waals surface area contributed by atoms with Crippen LogP contribution >= 0.6 is 0 Å². The van der Waals surface area contributed by atoms with Crippen LogP contribution in [0.3, 0.4) is 0 Å². The van der Waals surface area contributed by atoms with Crippen molar-refractivity contribution < 1.29 is 9.23 Å². The molecule has 0 aromatic heterocycles. The molecule has 5 heteroatoms. The van der Waals surface area contributed by atoms with Gasteiger partial charge in [0.15, 0.2) is 0 Å². The molecule has 142 valence electrons. The highest BCUT2D eigenvalue weighted by Crippen LogP contribution is 2.44. The number of nitrogens with one attached hydrogen (secondary N) is 1. The summed E-state index contributed by atoms with van der Waals surface area (Å²) in [6, 6.07) is 13.5. The van der Waals surface area contributed by atoms with Gasteiger partial charge in [-0.1, -0.05) is 49.7 Å². The van der Waals surface area contributed by atoms with Gasteiger partial charge < -0.3 is 5.32 Å². The van der Waals surface area contributed by atoms with E-state index in [1.165, 1.54) is 11.6 Å². The van der Waals surface area contributed by atoms with E-state index in [0.29, 0.717) is 17.9 Å². The number of halogens is 1. The van der Waals surface area contributed by atoms with E-state index in [9.17, 15) is 4.39 Å². The third kappa shape index (κ3) is 3.10. The maximum absolute atomic E-state index is 14.7. The quantitative estimate of drug-likeness (QED) is 0.829. The second kappa shape index (κ2) is 7.31. The van der Waals surface area contributed by atoms with Crippen LogP contribution in [0.5, 0.6) is 0 Å². The van der Waals surface area contributed by atoms with E-state index in [1.54, 1.807) is 11.1 Å². The fraction of sp³-hybridized carbons (Fsp3) is 0.409. The highest BCUT2D eigenvalue weighted by Gasteiger charge is 2.47. The summed E-state index contributed by atoms with van der Waals surface area (Å²) in [6.07, 6.45) is 4.63. The summed E-state index contributed by atoms with van der Waals surface area (Å²) in [5.41, 5.74) is 2.67. The van der Waals surface area contributed by atoms with E-state index in [0.717, 1.165) is 43.4 Å². The summed E-state index contributed by atoms with van der Waals surface area (Å²) < 4.78 is 14.7. The Morgan fingerprint density at radius 2 is 1.96 bits per heavy atom. The minimum Gasteiger partial charge on any atom is -0.354 e. The summed E-state index contributed by atoms with van der Waals surface area (Å²) in [5, 5.41) is 5.06. The monoisotopic (exact) mass is 367 g/mol. The van der Waals surface area contributed by atoms with E-state index in [1.807, 2.05) is 25.2 Å². The normalized spacial score (nSPS) is 21.3. The molecule has 0 fully saturated rings. The Kier molecular flexibility index (Phi) is 4.87. The molecule has 27 heavy (non-hydrogen) atoms. The Balaban J connectivity index is 1.89. The average Bonchev–Trinajstić information content (AvgIpc) is 3.00. The van der Waals surface area contributed by atoms with Gasteiger partial charge in [0.1, 0.15) is 5.82 Å². The van der Waals surface area contributed by atoms with Gasteiger partial charge in [-0.05, 0) is 42.9 Å². The molecular formula is C22H26FN3O. The van der Waals surface area contributed by atoms with Crippen LogP contribution < -0.4 is 5.32 Å². The highest BCUT2D eigenvalue weighted by molar-refractivity contribution is 5.81. The van der Waals surface area contributed by atoms with Gasteiger partial charge in [-0.3, -0.25) is 0 Å². The van der Waals surface area contributed by atoms with Gasteiger partial charge in [-0.15, -0.1) is 0 Å². The standard InChI is InChI=1S/C22H26FN3O/c1-3-4-15-24-21-25-22(27-26(21)2)18-12-6-5-9-16(18)10-7-11-17-19(22)13-8-14-20(17)23/h5-6,8-9,12-14H,3-4,7,10-11,15H2,1-2H3,(H,24,25). The zero-order valence-electron chi connectivity index (χ0n) is 16.0. The number of rotatable bonds is 3. The predicted molar refractivity (Wildman–Crippen MR) is 105 cm³/mol. The molecule has 0 saturated heterocycles. The molecule has 1 spiro atoms. The maximum atomic E-state index is 14.7. The molecule has 2 aliphatic rings. The van der Waals surface area contributed by atoms with E-state index < -0.39 is 5.72 Å². The Morgan fingerprint density at radius 3 is 2.81 bits per heavy atom. The van der Waals surface area contributed by atoms with Crippen molar-refractivity contribution in [2.24, 2.45) is 4.99 Å². The largest absolute Gasteiger partial charge is 0.354 e. The van der Waals surface area contributed by atoms with Crippen molar-refractivity contribution in [2.45, 2.75) is 44.8 Å². The first-order chi connectivity index (χ1) is 13.2. The summed E-state index contributed by atoms with van der Waals surface area (Å²) in [5.74, 6) is 0.508. The number of aryl methyl sites for hydroxylation is 1. The third-order valence-electron chi connectivity index (χ3n) is 5.38. The smallest absolute Gasteiger partial charge is 0.240 e. The summed E-state index contributed by atoms with van der Waals surface area (Å²) in [4.78, 5) is 11.4. The lowest BCUT2D eigenvalue weighted by molar-refractivity contribution is -0.153. The fourth-order valence-electron chi connectivity index (χ4n) is 4.03. The van der Waals surface area contributed by atoms with Gasteiger partial charge in [0, 0.05) is 24.7 Å². The molecule has 0 bridgehead atoms. The molecule has 1 N–H and O–H groups in total. The van der Waals surface area contributed by atoms with Crippen molar-refractivity contribution in [3.05, 3.63) is 70.5 Å². The van der Waals surface area contributed by atoms with Crippen molar-refractivity contribution in [1.29, 1.82) is 0 Å². The van der Waals surface area contributed by atoms with Gasteiger partial charge >= 0.3 is 0 Å². The predicted octanol–water partition coefficient (Wildman–Crippen LogP) is 4.14. The molecule has 1 aliphatic carbocycles. The van der Waals surface area contributed by atoms with Crippen molar-refractivity contribution in [3.63, 3.8) is 0 Å². The maximum Gasteiger partial charge on any atom is 0.240 e. The van der Waals surface area contributed by atoms with Crippen LogP contribution in [-0.2, 0) is 23.4 Å². The average molecular weight is 367 g/mol. The lowest BCUT2D eigenvalue weighted by Crippen LogP contribution is -2.37. The van der Waals surface area contributed by atoms with Gasteiger partial charge in [0.05, 0.1) is 0 Å². The second-order valence-electron chi connectivity index (χ2n) is 7.23. The zero-order chi connectivity index (χ0) is 18.9. The zero-order valence-corrected chi connectivity index (χ0v) is 16.0. The van der Waals surface area contributed by atoms with E-state index >= 15 is 0 Å². The second-order valence-corrected chi connectivity index (χ2v) is 7.23. The van der Waals surface area contributed by atoms with E-state index in [4.69, 9.17) is 9.83 Å². The van der Waals surface area contributed by atoms with Crippen molar-refractivity contribution in [1.82, 2.24) is 10.4 Å². The first-order valence-electron chi connectivity index (χ1n) is 9.78. The molecule has 0 amide bonds. The molecule has 1 heterocycles. The van der Waals surface area contributed by atoms with Crippen LogP contribution in [0.1, 0.15) is 48.4 Å². The SMILES string of the molecule is CCCCNC1=NC2(ON1C)c1ccccc1CCCc1c(F)cccc12. The minimum absolute atomic E-state index is 0.180. The third-order valence-corrected chi connectivity index (χ3v) is 5.38. The first kappa shape index (κ1) is 18.0. The minimum atomic E-state index is -1.04. The van der Waals surface area contributed by atoms with E-state index in [-0.39, 0.29) is 5.82 Å². The first-order valence-corrected chi connectivity index (χ1v) is 9.78. The highest BCUT2D eigenvalue weighted by atomic mass is 19.1. The molecule has 4 nitrogen and oxygen atoms in total. The van der Waals surface area contributed by atoms with Gasteiger partial charge in [0.2, 0.25) is 11.7 Å². The van der Waals surface area contributed by atoms with Crippen molar-refractivity contribution >= 4 is 5.96 Å². The van der Waals surface area contributed by atoms with Crippen LogP contribution in [0.2, 0.25) is 0 Å².